The number of nitrogens with zero attached hydrogens (tertiary/aromatic N) is 3. The molecule has 0 spiro atoms. The molecule has 1 heterocycles. The average molecular weight is 286 g/mol. The molecule has 0 bridgehead atoms. The normalized spacial score (nSPS) is 10.8. The van der Waals surface area contributed by atoms with Crippen LogP contribution in [0.1, 0.15) is 40.0 Å². The molecule has 0 saturated heterocycles. The zero-order valence-electron chi connectivity index (χ0n) is 10.3. The van der Waals surface area contributed by atoms with Crippen LogP contribution in [-0.4, -0.2) is 22.6 Å². The van der Waals surface area contributed by atoms with Crippen molar-refractivity contribution in [1.82, 2.24) is 9.97 Å². The van der Waals surface area contributed by atoms with Gasteiger partial charge < -0.3 is 4.90 Å². The highest BCUT2D eigenvalue weighted by molar-refractivity contribution is 9.10. The molecule has 3 nitrogen and oxygen atoms in total. The Balaban J connectivity index is 2.69. The summed E-state index contributed by atoms with van der Waals surface area (Å²) in [5, 5.41) is 0. The summed E-state index contributed by atoms with van der Waals surface area (Å²) in [7, 11) is 0. The van der Waals surface area contributed by atoms with E-state index in [-0.39, 0.29) is 0 Å². The molecule has 0 unspecified atom stereocenters. The summed E-state index contributed by atoms with van der Waals surface area (Å²) in [6.07, 6.45) is 5.35. The smallest absolute Gasteiger partial charge is 0.133 e. The van der Waals surface area contributed by atoms with Gasteiger partial charge in [-0.2, -0.15) is 0 Å². The second-order valence-electron chi connectivity index (χ2n) is 4.19. The Morgan fingerprint density at radius 3 is 2.62 bits per heavy atom. The molecule has 4 heteroatoms. The predicted molar refractivity (Wildman–Crippen MR) is 71.7 cm³/mol. The molecule has 0 aliphatic heterocycles. The zero-order chi connectivity index (χ0) is 12.0. The molecule has 0 N–H and O–H groups in total. The lowest BCUT2D eigenvalue weighted by Crippen LogP contribution is -2.32. The van der Waals surface area contributed by atoms with Crippen molar-refractivity contribution in [1.29, 1.82) is 0 Å². The van der Waals surface area contributed by atoms with Crippen molar-refractivity contribution in [3.63, 3.8) is 0 Å². The fourth-order valence-electron chi connectivity index (χ4n) is 1.65. The summed E-state index contributed by atoms with van der Waals surface area (Å²) in [6.45, 7) is 7.68. The van der Waals surface area contributed by atoms with Crippen molar-refractivity contribution in [2.45, 2.75) is 46.1 Å². The molecule has 0 aliphatic rings. The van der Waals surface area contributed by atoms with Crippen molar-refractivity contribution < 1.29 is 0 Å². The molecule has 0 radical (unpaired) electrons. The molecule has 16 heavy (non-hydrogen) atoms. The molecule has 0 saturated carbocycles. The predicted octanol–water partition coefficient (Wildman–Crippen LogP) is 3.64. The maximum atomic E-state index is 4.32. The SMILES string of the molecule is CCCCCN(c1cc(Br)ncn1)C(C)C. The summed E-state index contributed by atoms with van der Waals surface area (Å²) < 4.78 is 0.846. The van der Waals surface area contributed by atoms with Gasteiger partial charge in [-0.3, -0.25) is 0 Å². The topological polar surface area (TPSA) is 29.0 Å². The van der Waals surface area contributed by atoms with Crippen molar-refractivity contribution in [2.75, 3.05) is 11.4 Å². The molecule has 0 atom stereocenters. The van der Waals surface area contributed by atoms with E-state index in [0.29, 0.717) is 6.04 Å². The summed E-state index contributed by atoms with van der Waals surface area (Å²) in [4.78, 5) is 10.7. The van der Waals surface area contributed by atoms with Gasteiger partial charge in [0.25, 0.3) is 0 Å². The van der Waals surface area contributed by atoms with Crippen LogP contribution < -0.4 is 4.90 Å². The molecular formula is C12H20BrN3. The molecule has 90 valence electrons. The van der Waals surface area contributed by atoms with Crippen LogP contribution in [-0.2, 0) is 0 Å². The van der Waals surface area contributed by atoms with E-state index in [0.717, 1.165) is 17.0 Å². The highest BCUT2D eigenvalue weighted by Crippen LogP contribution is 2.17. The zero-order valence-corrected chi connectivity index (χ0v) is 11.9. The van der Waals surface area contributed by atoms with E-state index in [1.807, 2.05) is 6.07 Å². The minimum Gasteiger partial charge on any atom is -0.354 e. The molecule has 0 fully saturated rings. The number of hydrogen-bond donors (Lipinski definition) is 0. The summed E-state index contributed by atoms with van der Waals surface area (Å²) in [6, 6.07) is 2.45. The monoisotopic (exact) mass is 285 g/mol. The van der Waals surface area contributed by atoms with Crippen LogP contribution in [0.2, 0.25) is 0 Å². The highest BCUT2D eigenvalue weighted by atomic mass is 79.9. The van der Waals surface area contributed by atoms with E-state index >= 15 is 0 Å². The van der Waals surface area contributed by atoms with Crippen molar-refractivity contribution in [3.8, 4) is 0 Å². The van der Waals surface area contributed by atoms with Gasteiger partial charge in [0.2, 0.25) is 0 Å². The number of halogens is 1. The van der Waals surface area contributed by atoms with Crippen LogP contribution in [0, 0.1) is 0 Å². The molecule has 0 aliphatic carbocycles. The van der Waals surface area contributed by atoms with Crippen LogP contribution in [0.5, 0.6) is 0 Å². The summed E-state index contributed by atoms with van der Waals surface area (Å²) >= 11 is 3.38. The Bertz CT molecular complexity index is 315. The Labute approximate surface area is 106 Å². The van der Waals surface area contributed by atoms with E-state index in [1.54, 1.807) is 6.33 Å². The van der Waals surface area contributed by atoms with Gasteiger partial charge in [0.05, 0.1) is 0 Å². The van der Waals surface area contributed by atoms with E-state index in [1.165, 1.54) is 19.3 Å². The Kier molecular flexibility index (Phi) is 5.74. The maximum Gasteiger partial charge on any atom is 0.133 e. The highest BCUT2D eigenvalue weighted by Gasteiger charge is 2.11. The molecule has 1 rings (SSSR count). The lowest BCUT2D eigenvalue weighted by molar-refractivity contribution is 0.619. The van der Waals surface area contributed by atoms with Gasteiger partial charge in [-0.25, -0.2) is 9.97 Å². The maximum absolute atomic E-state index is 4.32. The van der Waals surface area contributed by atoms with Gasteiger partial charge in [0.1, 0.15) is 16.7 Å². The summed E-state index contributed by atoms with van der Waals surface area (Å²) in [5.74, 6) is 1.01. The third kappa shape index (κ3) is 4.08. The second-order valence-corrected chi connectivity index (χ2v) is 5.01. The van der Waals surface area contributed by atoms with Crippen LogP contribution in [0.3, 0.4) is 0 Å². The fraction of sp³-hybridized carbons (Fsp3) is 0.667. The molecule has 1 aromatic rings. The van der Waals surface area contributed by atoms with E-state index in [4.69, 9.17) is 0 Å². The molecule has 0 amide bonds. The lowest BCUT2D eigenvalue weighted by atomic mass is 10.2. The third-order valence-electron chi connectivity index (χ3n) is 2.54. The van der Waals surface area contributed by atoms with Crippen molar-refractivity contribution in [2.24, 2.45) is 0 Å². The van der Waals surface area contributed by atoms with Gasteiger partial charge >= 0.3 is 0 Å². The molecular weight excluding hydrogens is 266 g/mol. The first-order chi connectivity index (χ1) is 7.65. The first-order valence-electron chi connectivity index (χ1n) is 5.89. The van der Waals surface area contributed by atoms with Gasteiger partial charge in [0.15, 0.2) is 0 Å². The summed E-state index contributed by atoms with van der Waals surface area (Å²) in [5.41, 5.74) is 0. The van der Waals surface area contributed by atoms with Gasteiger partial charge in [-0.15, -0.1) is 0 Å². The lowest BCUT2D eigenvalue weighted by Gasteiger charge is -2.27. The number of anilines is 1. The minimum atomic E-state index is 0.471. The number of unbranched alkanes of at least 4 members (excludes halogenated alkanes) is 2. The number of aromatic nitrogens is 2. The molecule has 1 aromatic heterocycles. The van der Waals surface area contributed by atoms with Gasteiger partial charge in [-0.1, -0.05) is 19.8 Å². The Morgan fingerprint density at radius 1 is 1.31 bits per heavy atom. The number of rotatable bonds is 6. The van der Waals surface area contributed by atoms with Crippen LogP contribution in [0.15, 0.2) is 17.0 Å². The third-order valence-corrected chi connectivity index (χ3v) is 2.97. The Hall–Kier alpha value is -0.640. The first-order valence-corrected chi connectivity index (χ1v) is 6.68. The van der Waals surface area contributed by atoms with Crippen LogP contribution in [0.4, 0.5) is 5.82 Å². The molecule has 0 aromatic carbocycles. The van der Waals surface area contributed by atoms with Crippen molar-refractivity contribution in [3.05, 3.63) is 17.0 Å². The van der Waals surface area contributed by atoms with Gasteiger partial charge in [-0.05, 0) is 36.2 Å². The average Bonchev–Trinajstić information content (AvgIpc) is 2.24. The van der Waals surface area contributed by atoms with Crippen LogP contribution >= 0.6 is 15.9 Å². The van der Waals surface area contributed by atoms with Crippen molar-refractivity contribution >= 4 is 21.7 Å². The van der Waals surface area contributed by atoms with Gasteiger partial charge in [0, 0.05) is 18.7 Å². The minimum absolute atomic E-state index is 0.471. The van der Waals surface area contributed by atoms with Crippen LogP contribution in [0.25, 0.3) is 0 Å². The van der Waals surface area contributed by atoms with E-state index in [2.05, 4.69) is 51.6 Å². The number of hydrogen-bond acceptors (Lipinski definition) is 3. The largest absolute Gasteiger partial charge is 0.354 e. The quantitative estimate of drug-likeness (QED) is 0.590. The standard InChI is InChI=1S/C12H20BrN3/c1-4-5-6-7-16(10(2)3)12-8-11(13)14-9-15-12/h8-10H,4-7H2,1-3H3. The fourth-order valence-corrected chi connectivity index (χ4v) is 1.95. The Morgan fingerprint density at radius 2 is 2.06 bits per heavy atom. The second kappa shape index (κ2) is 6.84. The van der Waals surface area contributed by atoms with E-state index < -0.39 is 0 Å². The van der Waals surface area contributed by atoms with E-state index in [9.17, 15) is 0 Å². The first kappa shape index (κ1) is 13.4.